The lowest BCUT2D eigenvalue weighted by molar-refractivity contribution is 0.304. The predicted molar refractivity (Wildman–Crippen MR) is 134 cm³/mol. The van der Waals surface area contributed by atoms with Crippen molar-refractivity contribution in [2.75, 3.05) is 27.9 Å². The Bertz CT molecular complexity index is 1430. The third kappa shape index (κ3) is 3.88. The number of fused-ring (bicyclic) bond motifs is 2. The summed E-state index contributed by atoms with van der Waals surface area (Å²) < 4.78 is 25.0. The first kappa shape index (κ1) is 21.6. The van der Waals surface area contributed by atoms with Gasteiger partial charge in [0.15, 0.2) is 11.5 Å². The summed E-state index contributed by atoms with van der Waals surface area (Å²) in [5.74, 6) is 3.40. The Morgan fingerprint density at radius 2 is 1.44 bits per heavy atom. The van der Waals surface area contributed by atoms with Gasteiger partial charge < -0.3 is 23.5 Å². The third-order valence-corrected chi connectivity index (χ3v) is 5.90. The number of rotatable bonds is 8. The van der Waals surface area contributed by atoms with Gasteiger partial charge in [0, 0.05) is 10.9 Å². The molecule has 1 aromatic heterocycles. The maximum Gasteiger partial charge on any atom is 0.203 e. The fourth-order valence-corrected chi connectivity index (χ4v) is 4.30. The summed E-state index contributed by atoms with van der Waals surface area (Å²) in [5, 5.41) is 2.26. The first-order valence-electron chi connectivity index (χ1n) is 11.1. The minimum Gasteiger partial charge on any atom is -0.493 e. The summed E-state index contributed by atoms with van der Waals surface area (Å²) in [7, 11) is 4.82. The van der Waals surface area contributed by atoms with Crippen LogP contribution >= 0.6 is 0 Å². The van der Waals surface area contributed by atoms with Gasteiger partial charge in [-0.05, 0) is 35.7 Å². The molecule has 0 amide bonds. The lowest BCUT2D eigenvalue weighted by Crippen LogP contribution is -2.10. The Morgan fingerprint density at radius 3 is 2.21 bits per heavy atom. The van der Waals surface area contributed by atoms with Crippen molar-refractivity contribution < 1.29 is 18.9 Å². The fraction of sp³-hybridized carbons (Fsp3) is 0.179. The molecule has 34 heavy (non-hydrogen) atoms. The molecule has 0 bridgehead atoms. The van der Waals surface area contributed by atoms with Crippen LogP contribution in [0.5, 0.6) is 23.0 Å². The Morgan fingerprint density at radius 1 is 0.735 bits per heavy atom. The molecular weight excluding hydrogens is 428 g/mol. The zero-order valence-corrected chi connectivity index (χ0v) is 19.4. The molecule has 0 aliphatic heterocycles. The number of hydrogen-bond acceptors (Lipinski definition) is 5. The first-order valence-corrected chi connectivity index (χ1v) is 11.1. The van der Waals surface area contributed by atoms with E-state index in [-0.39, 0.29) is 0 Å². The molecule has 0 aliphatic carbocycles. The largest absolute Gasteiger partial charge is 0.493 e. The number of aromatic nitrogens is 2. The van der Waals surface area contributed by atoms with Crippen LogP contribution in [-0.4, -0.2) is 37.5 Å². The van der Waals surface area contributed by atoms with E-state index in [1.54, 1.807) is 21.3 Å². The third-order valence-electron chi connectivity index (χ3n) is 5.90. The van der Waals surface area contributed by atoms with Gasteiger partial charge in [-0.3, -0.25) is 0 Å². The molecule has 5 rings (SSSR count). The highest BCUT2D eigenvalue weighted by Gasteiger charge is 2.19. The van der Waals surface area contributed by atoms with E-state index in [1.807, 2.05) is 54.6 Å². The monoisotopic (exact) mass is 454 g/mol. The van der Waals surface area contributed by atoms with Gasteiger partial charge in [0.2, 0.25) is 5.75 Å². The lowest BCUT2D eigenvalue weighted by atomic mass is 10.1. The fourth-order valence-electron chi connectivity index (χ4n) is 4.30. The van der Waals surface area contributed by atoms with Crippen molar-refractivity contribution in [3.05, 3.63) is 78.9 Å². The van der Waals surface area contributed by atoms with E-state index >= 15 is 0 Å². The molecule has 5 aromatic rings. The van der Waals surface area contributed by atoms with Crippen LogP contribution in [-0.2, 0) is 6.54 Å². The summed E-state index contributed by atoms with van der Waals surface area (Å²) in [6.07, 6.45) is 0. The van der Waals surface area contributed by atoms with Crippen molar-refractivity contribution in [1.82, 2.24) is 9.55 Å². The molecule has 172 valence electrons. The van der Waals surface area contributed by atoms with E-state index < -0.39 is 0 Å². The SMILES string of the molecule is COc1cc(-c2nc3ccccc3n2CCOc2cccc3ccccc23)cc(OC)c1OC. The lowest BCUT2D eigenvalue weighted by Gasteiger charge is -2.15. The van der Waals surface area contributed by atoms with E-state index in [2.05, 4.69) is 28.8 Å². The molecule has 0 N–H and O–H groups in total. The van der Waals surface area contributed by atoms with Crippen LogP contribution in [0.4, 0.5) is 0 Å². The smallest absolute Gasteiger partial charge is 0.203 e. The van der Waals surface area contributed by atoms with Gasteiger partial charge in [0.05, 0.1) is 38.9 Å². The van der Waals surface area contributed by atoms with Gasteiger partial charge in [0.25, 0.3) is 0 Å². The average molecular weight is 455 g/mol. The molecule has 0 fully saturated rings. The number of benzene rings is 4. The number of ether oxygens (including phenoxy) is 4. The van der Waals surface area contributed by atoms with E-state index in [1.165, 1.54) is 0 Å². The van der Waals surface area contributed by atoms with Gasteiger partial charge >= 0.3 is 0 Å². The summed E-state index contributed by atoms with van der Waals surface area (Å²) in [4.78, 5) is 4.92. The molecule has 0 unspecified atom stereocenters. The Labute approximate surface area is 198 Å². The second kappa shape index (κ2) is 9.35. The molecule has 0 atom stereocenters. The van der Waals surface area contributed by atoms with Crippen LogP contribution < -0.4 is 18.9 Å². The number of imidazole rings is 1. The van der Waals surface area contributed by atoms with Crippen molar-refractivity contribution in [1.29, 1.82) is 0 Å². The van der Waals surface area contributed by atoms with Gasteiger partial charge in [-0.15, -0.1) is 0 Å². The Kier molecular flexibility index (Phi) is 5.95. The highest BCUT2D eigenvalue weighted by atomic mass is 16.5. The van der Waals surface area contributed by atoms with Crippen LogP contribution in [0.15, 0.2) is 78.9 Å². The second-order valence-corrected chi connectivity index (χ2v) is 7.82. The van der Waals surface area contributed by atoms with E-state index in [0.29, 0.717) is 30.4 Å². The summed E-state index contributed by atoms with van der Waals surface area (Å²) in [6, 6.07) is 26.3. The Balaban J connectivity index is 1.52. The van der Waals surface area contributed by atoms with Crippen molar-refractivity contribution in [2.24, 2.45) is 0 Å². The maximum atomic E-state index is 6.24. The Hall–Kier alpha value is -4.19. The predicted octanol–water partition coefficient (Wildman–Crippen LogP) is 5.96. The molecule has 0 saturated heterocycles. The molecule has 0 aliphatic rings. The first-order chi connectivity index (χ1) is 16.7. The standard InChI is InChI=1S/C28H26N2O4/c1-31-25-17-20(18-26(32-2)27(25)33-3)28-29-22-12-6-7-13-23(22)30(28)15-16-34-24-14-8-10-19-9-4-5-11-21(19)24/h4-14,17-18H,15-16H2,1-3H3. The topological polar surface area (TPSA) is 54.7 Å². The number of nitrogens with zero attached hydrogens (tertiary/aromatic N) is 2. The summed E-state index contributed by atoms with van der Waals surface area (Å²) in [6.45, 7) is 1.11. The molecule has 6 nitrogen and oxygen atoms in total. The molecular formula is C28H26N2O4. The van der Waals surface area contributed by atoms with Gasteiger partial charge in [-0.25, -0.2) is 4.98 Å². The highest BCUT2D eigenvalue weighted by Crippen LogP contribution is 2.41. The quantitative estimate of drug-likeness (QED) is 0.290. The van der Waals surface area contributed by atoms with Gasteiger partial charge in [-0.2, -0.15) is 0 Å². The number of methoxy groups -OCH3 is 3. The summed E-state index contributed by atoms with van der Waals surface area (Å²) in [5.41, 5.74) is 2.82. The molecule has 0 saturated carbocycles. The second-order valence-electron chi connectivity index (χ2n) is 7.82. The van der Waals surface area contributed by atoms with E-state index in [0.717, 1.165) is 38.9 Å². The van der Waals surface area contributed by atoms with Crippen LogP contribution in [0.3, 0.4) is 0 Å². The molecule has 6 heteroatoms. The van der Waals surface area contributed by atoms with Crippen molar-refractivity contribution >= 4 is 21.8 Å². The van der Waals surface area contributed by atoms with Crippen molar-refractivity contribution in [3.63, 3.8) is 0 Å². The van der Waals surface area contributed by atoms with Crippen LogP contribution in [0.2, 0.25) is 0 Å². The molecule has 0 radical (unpaired) electrons. The van der Waals surface area contributed by atoms with Gasteiger partial charge in [0.1, 0.15) is 18.2 Å². The normalized spacial score (nSPS) is 11.0. The maximum absolute atomic E-state index is 6.24. The van der Waals surface area contributed by atoms with Crippen molar-refractivity contribution in [3.8, 4) is 34.4 Å². The highest BCUT2D eigenvalue weighted by molar-refractivity contribution is 5.88. The molecule has 1 heterocycles. The minimum atomic E-state index is 0.492. The zero-order chi connectivity index (χ0) is 23.5. The van der Waals surface area contributed by atoms with E-state index in [9.17, 15) is 0 Å². The molecule has 4 aromatic carbocycles. The molecule has 0 spiro atoms. The van der Waals surface area contributed by atoms with Crippen LogP contribution in [0, 0.1) is 0 Å². The number of hydrogen-bond donors (Lipinski definition) is 0. The van der Waals surface area contributed by atoms with E-state index in [4.69, 9.17) is 23.9 Å². The van der Waals surface area contributed by atoms with Crippen LogP contribution in [0.1, 0.15) is 0 Å². The number of para-hydroxylation sites is 2. The van der Waals surface area contributed by atoms with Crippen LogP contribution in [0.25, 0.3) is 33.2 Å². The minimum absolute atomic E-state index is 0.492. The van der Waals surface area contributed by atoms with Gasteiger partial charge in [-0.1, -0.05) is 48.5 Å². The van der Waals surface area contributed by atoms with Crippen molar-refractivity contribution in [2.45, 2.75) is 6.54 Å². The zero-order valence-electron chi connectivity index (χ0n) is 19.4. The summed E-state index contributed by atoms with van der Waals surface area (Å²) >= 11 is 0. The average Bonchev–Trinajstić information content (AvgIpc) is 3.26.